The smallest absolute Gasteiger partial charge is 0.124 e. The van der Waals surface area contributed by atoms with Gasteiger partial charge in [0.2, 0.25) is 0 Å². The molecule has 0 N–H and O–H groups in total. The second kappa shape index (κ2) is 3.77. The van der Waals surface area contributed by atoms with Gasteiger partial charge in [-0.3, -0.25) is 0 Å². The number of hydrogen-bond donors (Lipinski definition) is 0. The van der Waals surface area contributed by atoms with Crippen LogP contribution in [0.1, 0.15) is 12.5 Å². The van der Waals surface area contributed by atoms with Gasteiger partial charge < -0.3 is 0 Å². The summed E-state index contributed by atoms with van der Waals surface area (Å²) >= 11 is 1.59. The molecule has 0 saturated carbocycles. The first-order valence-corrected chi connectivity index (χ1v) is 4.82. The molecule has 2 heteroatoms. The molecule has 0 atom stereocenters. The number of halogens is 1. The molecule has 0 saturated heterocycles. The van der Waals surface area contributed by atoms with Gasteiger partial charge >= 0.3 is 0 Å². The summed E-state index contributed by atoms with van der Waals surface area (Å²) in [6, 6.07) is 4.95. The summed E-state index contributed by atoms with van der Waals surface area (Å²) < 4.78 is 12.7. The van der Waals surface area contributed by atoms with Crippen molar-refractivity contribution < 1.29 is 4.39 Å². The summed E-state index contributed by atoms with van der Waals surface area (Å²) in [6.45, 7) is 2.08. The Labute approximate surface area is 70.8 Å². The quantitative estimate of drug-likeness (QED) is 0.614. The fourth-order valence-corrected chi connectivity index (χ4v) is 1.72. The Morgan fingerprint density at radius 3 is 2.73 bits per heavy atom. The summed E-state index contributed by atoms with van der Waals surface area (Å²) in [4.78, 5) is 1.05. The molecule has 11 heavy (non-hydrogen) atoms. The molecule has 0 unspecified atom stereocenters. The summed E-state index contributed by atoms with van der Waals surface area (Å²) in [7, 11) is 0. The van der Waals surface area contributed by atoms with Crippen LogP contribution in [0.15, 0.2) is 23.1 Å². The van der Waals surface area contributed by atoms with Gasteiger partial charge in [0, 0.05) is 4.90 Å². The van der Waals surface area contributed by atoms with Crippen molar-refractivity contribution in [3.05, 3.63) is 29.6 Å². The first-order valence-electron chi connectivity index (χ1n) is 3.60. The van der Waals surface area contributed by atoms with Crippen molar-refractivity contribution in [3.63, 3.8) is 0 Å². The largest absolute Gasteiger partial charge is 0.207 e. The molecule has 1 aromatic carbocycles. The molecule has 0 aliphatic carbocycles. The molecule has 0 amide bonds. The fourth-order valence-electron chi connectivity index (χ4n) is 1.01. The Kier molecular flexibility index (Phi) is 2.94. The summed E-state index contributed by atoms with van der Waals surface area (Å²) in [6.07, 6.45) is 2.93. The van der Waals surface area contributed by atoms with Gasteiger partial charge in [0.05, 0.1) is 0 Å². The minimum Gasteiger partial charge on any atom is -0.207 e. The van der Waals surface area contributed by atoms with Gasteiger partial charge in [0.1, 0.15) is 5.82 Å². The molecule has 0 fully saturated rings. The molecule has 0 bridgehead atoms. The van der Waals surface area contributed by atoms with Gasteiger partial charge in [-0.25, -0.2) is 4.39 Å². The molecule has 1 rings (SSSR count). The van der Waals surface area contributed by atoms with Crippen molar-refractivity contribution in [1.29, 1.82) is 0 Å². The Hall–Kier alpha value is -0.500. The monoisotopic (exact) mass is 170 g/mol. The average molecular weight is 170 g/mol. The topological polar surface area (TPSA) is 0 Å². The van der Waals surface area contributed by atoms with Crippen LogP contribution in [0.4, 0.5) is 4.39 Å². The van der Waals surface area contributed by atoms with E-state index in [9.17, 15) is 4.39 Å². The first kappa shape index (κ1) is 8.60. The van der Waals surface area contributed by atoms with Crippen LogP contribution in [-0.4, -0.2) is 6.26 Å². The maximum Gasteiger partial charge on any atom is 0.124 e. The minimum absolute atomic E-state index is 0.147. The molecular weight excluding hydrogens is 159 g/mol. The van der Waals surface area contributed by atoms with E-state index in [0.717, 1.165) is 11.3 Å². The van der Waals surface area contributed by atoms with Crippen molar-refractivity contribution in [1.82, 2.24) is 0 Å². The maximum atomic E-state index is 12.7. The third kappa shape index (κ3) is 1.96. The standard InChI is InChI=1S/C9H11FS/c1-3-7-4-5-8(10)6-9(7)11-2/h4-6H,3H2,1-2H3. The molecule has 0 spiro atoms. The molecule has 0 radical (unpaired) electrons. The van der Waals surface area contributed by atoms with Gasteiger partial charge in [-0.15, -0.1) is 11.8 Å². The van der Waals surface area contributed by atoms with Gasteiger partial charge in [0.15, 0.2) is 0 Å². The zero-order valence-electron chi connectivity index (χ0n) is 6.73. The Morgan fingerprint density at radius 2 is 2.18 bits per heavy atom. The van der Waals surface area contributed by atoms with Crippen molar-refractivity contribution in [2.24, 2.45) is 0 Å². The zero-order valence-corrected chi connectivity index (χ0v) is 7.54. The molecule has 0 aliphatic rings. The zero-order chi connectivity index (χ0) is 8.27. The van der Waals surface area contributed by atoms with Gasteiger partial charge in [-0.05, 0) is 30.4 Å². The van der Waals surface area contributed by atoms with Crippen LogP contribution in [0.3, 0.4) is 0 Å². The first-order chi connectivity index (χ1) is 5.27. The number of hydrogen-bond acceptors (Lipinski definition) is 1. The number of benzene rings is 1. The van der Waals surface area contributed by atoms with Crippen LogP contribution in [0, 0.1) is 5.82 Å². The van der Waals surface area contributed by atoms with Crippen LogP contribution in [0.5, 0.6) is 0 Å². The van der Waals surface area contributed by atoms with Gasteiger partial charge in [-0.1, -0.05) is 13.0 Å². The molecule has 0 aromatic heterocycles. The Balaban J connectivity index is 3.06. The van der Waals surface area contributed by atoms with Crippen molar-refractivity contribution in [2.75, 3.05) is 6.26 Å². The SMILES string of the molecule is CCc1ccc(F)cc1SC. The molecule has 0 nitrogen and oxygen atoms in total. The fraction of sp³-hybridized carbons (Fsp3) is 0.333. The Bertz CT molecular complexity index is 245. The van der Waals surface area contributed by atoms with E-state index in [1.54, 1.807) is 17.8 Å². The van der Waals surface area contributed by atoms with E-state index in [1.165, 1.54) is 11.6 Å². The summed E-state index contributed by atoms with van der Waals surface area (Å²) in [5.74, 6) is -0.147. The minimum atomic E-state index is -0.147. The molecule has 60 valence electrons. The van der Waals surface area contributed by atoms with E-state index in [-0.39, 0.29) is 5.82 Å². The molecular formula is C9H11FS. The van der Waals surface area contributed by atoms with Gasteiger partial charge in [-0.2, -0.15) is 0 Å². The Morgan fingerprint density at radius 1 is 1.45 bits per heavy atom. The number of thioether (sulfide) groups is 1. The average Bonchev–Trinajstić information content (AvgIpc) is 2.04. The van der Waals surface area contributed by atoms with E-state index >= 15 is 0 Å². The van der Waals surface area contributed by atoms with Crippen LogP contribution >= 0.6 is 11.8 Å². The van der Waals surface area contributed by atoms with E-state index in [1.807, 2.05) is 12.3 Å². The maximum absolute atomic E-state index is 12.7. The third-order valence-corrected chi connectivity index (χ3v) is 2.45. The lowest BCUT2D eigenvalue weighted by molar-refractivity contribution is 0.623. The van der Waals surface area contributed by atoms with Crippen molar-refractivity contribution in [3.8, 4) is 0 Å². The summed E-state index contributed by atoms with van der Waals surface area (Å²) in [5, 5.41) is 0. The second-order valence-electron chi connectivity index (χ2n) is 2.31. The predicted molar refractivity (Wildman–Crippen MR) is 47.6 cm³/mol. The molecule has 0 heterocycles. The predicted octanol–water partition coefficient (Wildman–Crippen LogP) is 3.11. The normalized spacial score (nSPS) is 10.1. The lowest BCUT2D eigenvalue weighted by atomic mass is 10.2. The highest BCUT2D eigenvalue weighted by molar-refractivity contribution is 7.98. The van der Waals surface area contributed by atoms with Crippen LogP contribution < -0.4 is 0 Å². The van der Waals surface area contributed by atoms with Crippen molar-refractivity contribution >= 4 is 11.8 Å². The third-order valence-electron chi connectivity index (χ3n) is 1.63. The van der Waals surface area contributed by atoms with Crippen molar-refractivity contribution in [2.45, 2.75) is 18.2 Å². The summed E-state index contributed by atoms with van der Waals surface area (Å²) in [5.41, 5.74) is 1.22. The number of rotatable bonds is 2. The molecule has 1 aromatic rings. The van der Waals surface area contributed by atoms with E-state index in [2.05, 4.69) is 6.92 Å². The van der Waals surface area contributed by atoms with Crippen LogP contribution in [0.25, 0.3) is 0 Å². The highest BCUT2D eigenvalue weighted by atomic mass is 32.2. The highest BCUT2D eigenvalue weighted by Gasteiger charge is 1.99. The van der Waals surface area contributed by atoms with Gasteiger partial charge in [0.25, 0.3) is 0 Å². The van der Waals surface area contributed by atoms with E-state index in [4.69, 9.17) is 0 Å². The lowest BCUT2D eigenvalue weighted by Gasteiger charge is -2.03. The lowest BCUT2D eigenvalue weighted by Crippen LogP contribution is -1.85. The second-order valence-corrected chi connectivity index (χ2v) is 3.16. The number of aryl methyl sites for hydroxylation is 1. The van der Waals surface area contributed by atoms with E-state index in [0.29, 0.717) is 0 Å². The van der Waals surface area contributed by atoms with E-state index < -0.39 is 0 Å². The highest BCUT2D eigenvalue weighted by Crippen LogP contribution is 2.21. The van der Waals surface area contributed by atoms with Crippen LogP contribution in [-0.2, 0) is 6.42 Å². The molecule has 0 aliphatic heterocycles. The van der Waals surface area contributed by atoms with Crippen LogP contribution in [0.2, 0.25) is 0 Å².